The van der Waals surface area contributed by atoms with Gasteiger partial charge in [-0.3, -0.25) is 24.7 Å². The number of nitro benzene ring substituents is 1. The smallest absolute Gasteiger partial charge is 0.269 e. The van der Waals surface area contributed by atoms with E-state index in [9.17, 15) is 18.5 Å². The normalized spacial score (nSPS) is 15.6. The minimum atomic E-state index is -3.74. The number of nitro groups is 1. The SMILES string of the molecule is C[C@@H](Cn1cc(CN2CCN(c3ccc([N+](=O)[O-])cc3)CC2)nn1)NS(=O)(=O)c1cccc2cnccc12. The lowest BCUT2D eigenvalue weighted by Crippen LogP contribution is -2.46. The first-order valence-corrected chi connectivity index (χ1v) is 13.7. The van der Waals surface area contributed by atoms with E-state index in [4.69, 9.17) is 0 Å². The first-order chi connectivity index (χ1) is 18.3. The van der Waals surface area contributed by atoms with E-state index in [1.54, 1.807) is 54.3 Å². The number of fused-ring (bicyclic) bond motifs is 1. The molecular weight excluding hydrogens is 508 g/mol. The molecule has 0 spiro atoms. The molecule has 1 N–H and O–H groups in total. The lowest BCUT2D eigenvalue weighted by molar-refractivity contribution is -0.384. The molecule has 1 atom stereocenters. The number of aromatic nitrogens is 4. The second-order valence-electron chi connectivity index (χ2n) is 9.34. The van der Waals surface area contributed by atoms with Gasteiger partial charge in [0.25, 0.3) is 5.69 Å². The van der Waals surface area contributed by atoms with Crippen LogP contribution in [0.1, 0.15) is 12.6 Å². The van der Waals surface area contributed by atoms with Crippen LogP contribution in [0, 0.1) is 10.1 Å². The Kier molecular flexibility index (Phi) is 7.31. The van der Waals surface area contributed by atoms with Crippen molar-refractivity contribution in [1.29, 1.82) is 0 Å². The first-order valence-electron chi connectivity index (χ1n) is 12.2. The summed E-state index contributed by atoms with van der Waals surface area (Å²) in [6.07, 6.45) is 5.07. The average Bonchev–Trinajstić information content (AvgIpc) is 3.34. The highest BCUT2D eigenvalue weighted by Gasteiger charge is 2.22. The van der Waals surface area contributed by atoms with Gasteiger partial charge in [0.05, 0.1) is 22.1 Å². The van der Waals surface area contributed by atoms with Crippen LogP contribution in [0.3, 0.4) is 0 Å². The number of hydrogen-bond acceptors (Lipinski definition) is 9. The predicted octanol–water partition coefficient (Wildman–Crippen LogP) is 2.42. The molecule has 5 rings (SSSR count). The van der Waals surface area contributed by atoms with Gasteiger partial charge in [-0.15, -0.1) is 5.10 Å². The molecule has 12 nitrogen and oxygen atoms in total. The number of piperazine rings is 1. The molecular formula is C25H28N8O4S. The molecule has 198 valence electrons. The zero-order valence-corrected chi connectivity index (χ0v) is 21.7. The van der Waals surface area contributed by atoms with Crippen LogP contribution >= 0.6 is 0 Å². The fraction of sp³-hybridized carbons (Fsp3) is 0.320. The second-order valence-corrected chi connectivity index (χ2v) is 11.0. The number of sulfonamides is 1. The van der Waals surface area contributed by atoms with E-state index in [0.29, 0.717) is 18.5 Å². The Morgan fingerprint density at radius 1 is 1.08 bits per heavy atom. The van der Waals surface area contributed by atoms with Gasteiger partial charge in [-0.05, 0) is 31.2 Å². The molecule has 1 aliphatic rings. The Morgan fingerprint density at radius 2 is 1.84 bits per heavy atom. The third-order valence-electron chi connectivity index (χ3n) is 6.52. The molecule has 3 heterocycles. The molecule has 2 aromatic carbocycles. The van der Waals surface area contributed by atoms with E-state index in [2.05, 4.69) is 29.8 Å². The van der Waals surface area contributed by atoms with Crippen molar-refractivity contribution in [3.8, 4) is 0 Å². The molecule has 0 bridgehead atoms. The highest BCUT2D eigenvalue weighted by Crippen LogP contribution is 2.23. The Labute approximate surface area is 220 Å². The zero-order chi connectivity index (χ0) is 26.7. The van der Waals surface area contributed by atoms with E-state index in [0.717, 1.165) is 42.9 Å². The molecule has 0 unspecified atom stereocenters. The van der Waals surface area contributed by atoms with Gasteiger partial charge in [0.1, 0.15) is 0 Å². The van der Waals surface area contributed by atoms with E-state index in [1.165, 1.54) is 12.1 Å². The van der Waals surface area contributed by atoms with Crippen LogP contribution in [-0.4, -0.2) is 70.4 Å². The van der Waals surface area contributed by atoms with Crippen molar-refractivity contribution < 1.29 is 13.3 Å². The van der Waals surface area contributed by atoms with E-state index in [1.807, 2.05) is 12.3 Å². The van der Waals surface area contributed by atoms with Crippen LogP contribution < -0.4 is 9.62 Å². The van der Waals surface area contributed by atoms with Gasteiger partial charge in [0.15, 0.2) is 0 Å². The fourth-order valence-electron chi connectivity index (χ4n) is 4.65. The van der Waals surface area contributed by atoms with E-state index in [-0.39, 0.29) is 10.6 Å². The Morgan fingerprint density at radius 3 is 2.58 bits per heavy atom. The Bertz CT molecular complexity index is 1530. The zero-order valence-electron chi connectivity index (χ0n) is 20.8. The van der Waals surface area contributed by atoms with Gasteiger partial charge >= 0.3 is 0 Å². The van der Waals surface area contributed by atoms with Crippen molar-refractivity contribution in [3.63, 3.8) is 0 Å². The van der Waals surface area contributed by atoms with Gasteiger partial charge < -0.3 is 4.90 Å². The van der Waals surface area contributed by atoms with Crippen LogP contribution in [0.15, 0.2) is 72.0 Å². The van der Waals surface area contributed by atoms with Crippen molar-refractivity contribution in [1.82, 2.24) is 29.6 Å². The maximum Gasteiger partial charge on any atom is 0.269 e. The highest BCUT2D eigenvalue weighted by molar-refractivity contribution is 7.89. The number of nitrogens with one attached hydrogen (secondary N) is 1. The minimum absolute atomic E-state index is 0.0868. The third kappa shape index (κ3) is 5.79. The number of non-ortho nitro benzene ring substituents is 1. The van der Waals surface area contributed by atoms with Gasteiger partial charge in [-0.25, -0.2) is 13.1 Å². The number of rotatable bonds is 9. The van der Waals surface area contributed by atoms with Crippen molar-refractivity contribution in [2.24, 2.45) is 0 Å². The number of pyridine rings is 1. The Hall–Kier alpha value is -3.94. The van der Waals surface area contributed by atoms with Crippen molar-refractivity contribution in [2.45, 2.75) is 31.0 Å². The molecule has 0 amide bonds. The highest BCUT2D eigenvalue weighted by atomic mass is 32.2. The van der Waals surface area contributed by atoms with Gasteiger partial charge in [-0.2, -0.15) is 0 Å². The first kappa shape index (κ1) is 25.7. The summed E-state index contributed by atoms with van der Waals surface area (Å²) in [5, 5.41) is 20.7. The van der Waals surface area contributed by atoms with E-state index < -0.39 is 21.0 Å². The topological polar surface area (TPSA) is 139 Å². The maximum atomic E-state index is 13.1. The number of anilines is 1. The third-order valence-corrected chi connectivity index (χ3v) is 8.16. The standard InChI is InChI=1S/C25H28N8O4S/c1-19(28-38(36,37)25-4-2-3-20-15-26-10-9-24(20)25)16-32-18-21(27-29-32)17-30-11-13-31(14-12-30)22-5-7-23(8-6-22)33(34)35/h2-10,15,18-19,28H,11-14,16-17H2,1H3/t19-/m0/s1. The van der Waals surface area contributed by atoms with Crippen molar-refractivity contribution in [3.05, 3.63) is 82.9 Å². The number of hydrogen-bond donors (Lipinski definition) is 1. The van der Waals surface area contributed by atoms with Crippen molar-refractivity contribution in [2.75, 3.05) is 31.1 Å². The predicted molar refractivity (Wildman–Crippen MR) is 142 cm³/mol. The molecule has 1 saturated heterocycles. The summed E-state index contributed by atoms with van der Waals surface area (Å²) >= 11 is 0. The molecule has 0 radical (unpaired) electrons. The second kappa shape index (κ2) is 10.8. The number of nitrogens with zero attached hydrogens (tertiary/aromatic N) is 7. The van der Waals surface area contributed by atoms with E-state index >= 15 is 0 Å². The summed E-state index contributed by atoms with van der Waals surface area (Å²) < 4.78 is 30.5. The molecule has 1 aliphatic heterocycles. The Balaban J connectivity index is 1.14. The van der Waals surface area contributed by atoms with Crippen LogP contribution in [-0.2, 0) is 23.1 Å². The monoisotopic (exact) mass is 536 g/mol. The van der Waals surface area contributed by atoms with Crippen LogP contribution in [0.5, 0.6) is 0 Å². The minimum Gasteiger partial charge on any atom is -0.369 e. The van der Waals surface area contributed by atoms with Crippen LogP contribution in [0.2, 0.25) is 0 Å². The summed E-state index contributed by atoms with van der Waals surface area (Å²) in [6, 6.07) is 13.0. The quantitative estimate of drug-likeness (QED) is 0.252. The molecule has 1 fully saturated rings. The van der Waals surface area contributed by atoms with Gasteiger partial charge in [-0.1, -0.05) is 17.3 Å². The molecule has 38 heavy (non-hydrogen) atoms. The summed E-state index contributed by atoms with van der Waals surface area (Å²) in [6.45, 7) is 6.01. The van der Waals surface area contributed by atoms with Gasteiger partial charge in [0, 0.05) is 85.9 Å². The van der Waals surface area contributed by atoms with Crippen LogP contribution in [0.4, 0.5) is 11.4 Å². The molecule has 2 aromatic heterocycles. The van der Waals surface area contributed by atoms with Crippen LogP contribution in [0.25, 0.3) is 10.8 Å². The summed E-state index contributed by atoms with van der Waals surface area (Å²) in [5.74, 6) is 0. The lowest BCUT2D eigenvalue weighted by atomic mass is 10.2. The number of benzene rings is 2. The average molecular weight is 537 g/mol. The molecule has 0 aliphatic carbocycles. The molecule has 4 aromatic rings. The molecule has 0 saturated carbocycles. The molecule has 13 heteroatoms. The fourth-order valence-corrected chi connectivity index (χ4v) is 6.12. The largest absolute Gasteiger partial charge is 0.369 e. The summed E-state index contributed by atoms with van der Waals surface area (Å²) in [7, 11) is -3.74. The summed E-state index contributed by atoms with van der Waals surface area (Å²) in [4.78, 5) is 19.2. The lowest BCUT2D eigenvalue weighted by Gasteiger charge is -2.35. The van der Waals surface area contributed by atoms with Crippen molar-refractivity contribution >= 4 is 32.2 Å². The maximum absolute atomic E-state index is 13.1. The summed E-state index contributed by atoms with van der Waals surface area (Å²) in [5.41, 5.74) is 1.87. The van der Waals surface area contributed by atoms with Gasteiger partial charge in [0.2, 0.25) is 10.0 Å².